The summed E-state index contributed by atoms with van der Waals surface area (Å²) in [6, 6.07) is 9.54. The van der Waals surface area contributed by atoms with Crippen LogP contribution in [0.5, 0.6) is 0 Å². The van der Waals surface area contributed by atoms with Gasteiger partial charge in [-0.3, -0.25) is 4.79 Å². The molecule has 2 unspecified atom stereocenters. The van der Waals surface area contributed by atoms with Crippen LogP contribution < -0.4 is 10.6 Å². The molecule has 15 heavy (non-hydrogen) atoms. The largest absolute Gasteiger partial charge is 0.325 e. The molecule has 80 valence electrons. The Morgan fingerprint density at radius 2 is 2.13 bits per heavy atom. The lowest BCUT2D eigenvalue weighted by molar-refractivity contribution is -0.118. The van der Waals surface area contributed by atoms with Crippen LogP contribution in [0.4, 0.5) is 5.69 Å². The van der Waals surface area contributed by atoms with E-state index < -0.39 is 0 Å². The number of para-hydroxylation sites is 1. The van der Waals surface area contributed by atoms with Gasteiger partial charge in [0.15, 0.2) is 0 Å². The Hall–Kier alpha value is -1.35. The zero-order chi connectivity index (χ0) is 10.7. The highest BCUT2D eigenvalue weighted by molar-refractivity contribution is 5.95. The van der Waals surface area contributed by atoms with Crippen LogP contribution in [0.1, 0.15) is 13.3 Å². The molecule has 2 rings (SSSR count). The third-order valence-corrected chi connectivity index (χ3v) is 2.86. The van der Waals surface area contributed by atoms with Gasteiger partial charge in [0.1, 0.15) is 0 Å². The standard InChI is InChI=1S/C12H16N2O/c1-9-7-8-13-11(9)12(15)14-10-5-3-2-4-6-10/h2-6,9,11,13H,7-8H2,1H3,(H,14,15). The average Bonchev–Trinajstić information content (AvgIpc) is 2.66. The Morgan fingerprint density at radius 1 is 1.40 bits per heavy atom. The SMILES string of the molecule is CC1CCNC1C(=O)Nc1ccccc1. The first-order valence-electron chi connectivity index (χ1n) is 5.36. The van der Waals surface area contributed by atoms with Crippen LogP contribution in [0.3, 0.4) is 0 Å². The number of hydrogen-bond donors (Lipinski definition) is 2. The summed E-state index contributed by atoms with van der Waals surface area (Å²) in [6.45, 7) is 3.04. The lowest BCUT2D eigenvalue weighted by Gasteiger charge is -2.15. The Balaban J connectivity index is 1.98. The van der Waals surface area contributed by atoms with E-state index in [1.54, 1.807) is 0 Å². The van der Waals surface area contributed by atoms with Crippen LogP contribution in [-0.2, 0) is 4.79 Å². The Bertz CT molecular complexity index is 337. The normalized spacial score (nSPS) is 25.1. The fourth-order valence-electron chi connectivity index (χ4n) is 1.93. The lowest BCUT2D eigenvalue weighted by Crippen LogP contribution is -2.39. The number of carbonyl (C=O) groups is 1. The predicted octanol–water partition coefficient (Wildman–Crippen LogP) is 1.62. The summed E-state index contributed by atoms with van der Waals surface area (Å²) >= 11 is 0. The number of amides is 1. The van der Waals surface area contributed by atoms with E-state index in [1.807, 2.05) is 30.3 Å². The molecule has 0 spiro atoms. The molecule has 0 aromatic heterocycles. The van der Waals surface area contributed by atoms with Crippen molar-refractivity contribution >= 4 is 11.6 Å². The number of rotatable bonds is 2. The minimum Gasteiger partial charge on any atom is -0.325 e. The molecule has 1 saturated heterocycles. The molecule has 0 radical (unpaired) electrons. The molecule has 1 amide bonds. The zero-order valence-electron chi connectivity index (χ0n) is 8.86. The molecule has 2 N–H and O–H groups in total. The van der Waals surface area contributed by atoms with E-state index in [4.69, 9.17) is 0 Å². The molecule has 3 heteroatoms. The molecule has 0 bridgehead atoms. The van der Waals surface area contributed by atoms with Crippen molar-refractivity contribution in [1.29, 1.82) is 0 Å². The summed E-state index contributed by atoms with van der Waals surface area (Å²) in [5, 5.41) is 6.13. The van der Waals surface area contributed by atoms with Crippen molar-refractivity contribution < 1.29 is 4.79 Å². The minimum atomic E-state index is -0.0368. The summed E-state index contributed by atoms with van der Waals surface area (Å²) in [4.78, 5) is 11.9. The highest BCUT2D eigenvalue weighted by atomic mass is 16.2. The van der Waals surface area contributed by atoms with Gasteiger partial charge in [0, 0.05) is 5.69 Å². The fourth-order valence-corrected chi connectivity index (χ4v) is 1.93. The van der Waals surface area contributed by atoms with Crippen molar-refractivity contribution in [2.45, 2.75) is 19.4 Å². The fraction of sp³-hybridized carbons (Fsp3) is 0.417. The molecule has 1 heterocycles. The first-order chi connectivity index (χ1) is 7.27. The van der Waals surface area contributed by atoms with E-state index in [2.05, 4.69) is 17.6 Å². The molecule has 0 saturated carbocycles. The molecule has 1 fully saturated rings. The second-order valence-corrected chi connectivity index (χ2v) is 4.05. The lowest BCUT2D eigenvalue weighted by atomic mass is 10.0. The van der Waals surface area contributed by atoms with Crippen molar-refractivity contribution in [2.75, 3.05) is 11.9 Å². The van der Waals surface area contributed by atoms with E-state index in [1.165, 1.54) is 0 Å². The van der Waals surface area contributed by atoms with Gasteiger partial charge in [-0.05, 0) is 31.0 Å². The van der Waals surface area contributed by atoms with Crippen LogP contribution in [-0.4, -0.2) is 18.5 Å². The zero-order valence-corrected chi connectivity index (χ0v) is 8.86. The van der Waals surface area contributed by atoms with Gasteiger partial charge in [-0.15, -0.1) is 0 Å². The molecule has 1 aliphatic heterocycles. The van der Waals surface area contributed by atoms with E-state index in [9.17, 15) is 4.79 Å². The van der Waals surface area contributed by atoms with Crippen molar-refractivity contribution in [3.05, 3.63) is 30.3 Å². The topological polar surface area (TPSA) is 41.1 Å². The molecule has 1 aromatic carbocycles. The molecule has 3 nitrogen and oxygen atoms in total. The highest BCUT2D eigenvalue weighted by Crippen LogP contribution is 2.16. The third-order valence-electron chi connectivity index (χ3n) is 2.86. The molecule has 1 aromatic rings. The van der Waals surface area contributed by atoms with Gasteiger partial charge in [0.25, 0.3) is 0 Å². The second-order valence-electron chi connectivity index (χ2n) is 4.05. The summed E-state index contributed by atoms with van der Waals surface area (Å²) < 4.78 is 0. The van der Waals surface area contributed by atoms with Gasteiger partial charge < -0.3 is 10.6 Å². The summed E-state index contributed by atoms with van der Waals surface area (Å²) in [6.07, 6.45) is 1.08. The summed E-state index contributed by atoms with van der Waals surface area (Å²) in [5.74, 6) is 0.500. The van der Waals surface area contributed by atoms with E-state index in [-0.39, 0.29) is 11.9 Å². The monoisotopic (exact) mass is 204 g/mol. The van der Waals surface area contributed by atoms with Gasteiger partial charge >= 0.3 is 0 Å². The molecule has 1 aliphatic rings. The van der Waals surface area contributed by atoms with E-state index >= 15 is 0 Å². The van der Waals surface area contributed by atoms with Crippen molar-refractivity contribution in [2.24, 2.45) is 5.92 Å². The van der Waals surface area contributed by atoms with Gasteiger partial charge in [-0.1, -0.05) is 25.1 Å². The van der Waals surface area contributed by atoms with Gasteiger partial charge in [0.05, 0.1) is 6.04 Å². The smallest absolute Gasteiger partial charge is 0.241 e. The second kappa shape index (κ2) is 4.45. The number of carbonyl (C=O) groups excluding carboxylic acids is 1. The maximum atomic E-state index is 11.9. The Morgan fingerprint density at radius 3 is 2.73 bits per heavy atom. The maximum Gasteiger partial charge on any atom is 0.241 e. The Kier molecular flexibility index (Phi) is 3.02. The average molecular weight is 204 g/mol. The van der Waals surface area contributed by atoms with Crippen LogP contribution in [0.2, 0.25) is 0 Å². The van der Waals surface area contributed by atoms with Crippen LogP contribution in [0, 0.1) is 5.92 Å². The molecular formula is C12H16N2O. The first-order valence-corrected chi connectivity index (χ1v) is 5.36. The van der Waals surface area contributed by atoms with E-state index in [0.717, 1.165) is 18.7 Å². The van der Waals surface area contributed by atoms with Crippen LogP contribution in [0.25, 0.3) is 0 Å². The van der Waals surface area contributed by atoms with E-state index in [0.29, 0.717) is 5.92 Å². The first kappa shape index (κ1) is 10.2. The number of nitrogens with one attached hydrogen (secondary N) is 2. The molecule has 0 aliphatic carbocycles. The molecular weight excluding hydrogens is 188 g/mol. The molecule has 2 atom stereocenters. The number of benzene rings is 1. The summed E-state index contributed by atoms with van der Waals surface area (Å²) in [7, 11) is 0. The number of anilines is 1. The Labute approximate surface area is 89.9 Å². The van der Waals surface area contributed by atoms with Gasteiger partial charge in [-0.25, -0.2) is 0 Å². The van der Waals surface area contributed by atoms with Crippen LogP contribution >= 0.6 is 0 Å². The maximum absolute atomic E-state index is 11.9. The quantitative estimate of drug-likeness (QED) is 0.768. The van der Waals surface area contributed by atoms with Gasteiger partial charge in [0.2, 0.25) is 5.91 Å². The van der Waals surface area contributed by atoms with Gasteiger partial charge in [-0.2, -0.15) is 0 Å². The van der Waals surface area contributed by atoms with Crippen molar-refractivity contribution in [3.8, 4) is 0 Å². The summed E-state index contributed by atoms with van der Waals surface area (Å²) in [5.41, 5.74) is 0.864. The number of hydrogen-bond acceptors (Lipinski definition) is 2. The van der Waals surface area contributed by atoms with Crippen LogP contribution in [0.15, 0.2) is 30.3 Å². The van der Waals surface area contributed by atoms with Crippen molar-refractivity contribution in [3.63, 3.8) is 0 Å². The third kappa shape index (κ3) is 2.36. The predicted molar refractivity (Wildman–Crippen MR) is 60.6 cm³/mol. The minimum absolute atomic E-state index is 0.0368. The van der Waals surface area contributed by atoms with Crippen molar-refractivity contribution in [1.82, 2.24) is 5.32 Å². The highest BCUT2D eigenvalue weighted by Gasteiger charge is 2.28.